The smallest absolute Gasteiger partial charge is 0.254 e. The Kier molecular flexibility index (Phi) is 4.06. The molecule has 5 heteroatoms. The molecule has 1 fully saturated rings. The third-order valence-corrected chi connectivity index (χ3v) is 3.67. The van der Waals surface area contributed by atoms with Crippen molar-refractivity contribution in [2.24, 2.45) is 5.92 Å². The van der Waals surface area contributed by atoms with Crippen LogP contribution < -0.4 is 0 Å². The number of hydrogen-bond acceptors (Lipinski definition) is 1. The topological polar surface area (TPSA) is 20.3 Å². The molecular formula is C15H18F3NO. The predicted molar refractivity (Wildman–Crippen MR) is 69.9 cm³/mol. The first-order valence-electron chi connectivity index (χ1n) is 6.71. The molecule has 0 radical (unpaired) electrons. The molecule has 0 bridgehead atoms. The number of likely N-dealkylation sites (tertiary alicyclic amines) is 1. The number of carbonyl (C=O) groups is 1. The van der Waals surface area contributed by atoms with Crippen molar-refractivity contribution < 1.29 is 18.0 Å². The fourth-order valence-electron chi connectivity index (χ4n) is 2.79. The Morgan fingerprint density at radius 1 is 1.45 bits per heavy atom. The first kappa shape index (κ1) is 14.9. The predicted octanol–water partition coefficient (Wildman–Crippen LogP) is 3.78. The molecule has 2 rings (SSSR count). The average molecular weight is 285 g/mol. The first-order valence-corrected chi connectivity index (χ1v) is 6.71. The van der Waals surface area contributed by atoms with Crippen molar-refractivity contribution >= 4 is 5.91 Å². The Labute approximate surface area is 116 Å². The van der Waals surface area contributed by atoms with Gasteiger partial charge in [0.25, 0.3) is 5.92 Å². The highest BCUT2D eigenvalue weighted by atomic mass is 19.3. The Balaban J connectivity index is 2.23. The van der Waals surface area contributed by atoms with Crippen molar-refractivity contribution in [3.05, 3.63) is 35.6 Å². The summed E-state index contributed by atoms with van der Waals surface area (Å²) < 4.78 is 39.3. The fourth-order valence-corrected chi connectivity index (χ4v) is 2.79. The lowest BCUT2D eigenvalue weighted by Gasteiger charge is -2.28. The van der Waals surface area contributed by atoms with Gasteiger partial charge in [0.1, 0.15) is 5.82 Å². The van der Waals surface area contributed by atoms with E-state index in [-0.39, 0.29) is 17.8 Å². The van der Waals surface area contributed by atoms with Crippen LogP contribution >= 0.6 is 0 Å². The monoisotopic (exact) mass is 285 g/mol. The van der Waals surface area contributed by atoms with Gasteiger partial charge in [-0.05, 0) is 37.0 Å². The number of nitrogens with zero attached hydrogens (tertiary/aromatic N) is 1. The van der Waals surface area contributed by atoms with Gasteiger partial charge in [-0.1, -0.05) is 19.1 Å². The summed E-state index contributed by atoms with van der Waals surface area (Å²) in [6, 6.07) is 5.69. The van der Waals surface area contributed by atoms with Crippen molar-refractivity contribution in [2.75, 3.05) is 6.54 Å². The molecular weight excluding hydrogens is 267 g/mol. The lowest BCUT2D eigenvalue weighted by atomic mass is 9.95. The van der Waals surface area contributed by atoms with Gasteiger partial charge in [-0.3, -0.25) is 4.79 Å². The number of alkyl halides is 2. The maximum atomic E-state index is 13.3. The molecule has 1 saturated heterocycles. The first-order chi connectivity index (χ1) is 9.28. The van der Waals surface area contributed by atoms with Crippen molar-refractivity contribution in [3.8, 4) is 0 Å². The van der Waals surface area contributed by atoms with E-state index in [4.69, 9.17) is 0 Å². The highest BCUT2D eigenvalue weighted by molar-refractivity contribution is 5.78. The lowest BCUT2D eigenvalue weighted by molar-refractivity contribution is -0.139. The second-order valence-electron chi connectivity index (χ2n) is 5.60. The minimum Gasteiger partial charge on any atom is -0.335 e. The summed E-state index contributed by atoms with van der Waals surface area (Å²) in [6.45, 7) is 3.13. The van der Waals surface area contributed by atoms with E-state index >= 15 is 0 Å². The number of carbonyl (C=O) groups excluding carboxylic acids is 1. The van der Waals surface area contributed by atoms with Gasteiger partial charge >= 0.3 is 0 Å². The van der Waals surface area contributed by atoms with Crippen molar-refractivity contribution in [1.29, 1.82) is 0 Å². The van der Waals surface area contributed by atoms with E-state index in [1.165, 1.54) is 17.0 Å². The number of hydrogen-bond donors (Lipinski definition) is 0. The normalized spacial score (nSPS) is 23.1. The van der Waals surface area contributed by atoms with Crippen LogP contribution in [0.4, 0.5) is 13.2 Å². The van der Waals surface area contributed by atoms with Gasteiger partial charge in [0.2, 0.25) is 5.91 Å². The molecule has 2 atom stereocenters. The summed E-state index contributed by atoms with van der Waals surface area (Å²) in [7, 11) is 0. The largest absolute Gasteiger partial charge is 0.335 e. The standard InChI is InChI=1S/C15H18F3NO/c1-10-6-7-19(13(20)9-15(2,17)18)14(10)11-4-3-5-12(16)8-11/h3-5,8,10,14H,6-7,9H2,1-2H3/t10-,14+/m1/s1. The minimum absolute atomic E-state index is 0.131. The molecule has 1 heterocycles. The quantitative estimate of drug-likeness (QED) is 0.827. The average Bonchev–Trinajstić information content (AvgIpc) is 2.69. The molecule has 0 aromatic heterocycles. The molecule has 0 aliphatic carbocycles. The number of rotatable bonds is 3. The Morgan fingerprint density at radius 2 is 2.15 bits per heavy atom. The summed E-state index contributed by atoms with van der Waals surface area (Å²) >= 11 is 0. The van der Waals surface area contributed by atoms with E-state index in [9.17, 15) is 18.0 Å². The summed E-state index contributed by atoms with van der Waals surface area (Å²) in [4.78, 5) is 13.5. The summed E-state index contributed by atoms with van der Waals surface area (Å²) in [5, 5.41) is 0. The van der Waals surface area contributed by atoms with Crippen LogP contribution in [-0.2, 0) is 4.79 Å². The van der Waals surface area contributed by atoms with Crippen molar-refractivity contribution in [3.63, 3.8) is 0 Å². The summed E-state index contributed by atoms with van der Waals surface area (Å²) in [5.41, 5.74) is 0.669. The zero-order valence-electron chi connectivity index (χ0n) is 11.6. The minimum atomic E-state index is -3.02. The molecule has 2 nitrogen and oxygen atoms in total. The molecule has 0 spiro atoms. The number of amides is 1. The van der Waals surface area contributed by atoms with Crippen LogP contribution in [0.3, 0.4) is 0 Å². The molecule has 20 heavy (non-hydrogen) atoms. The van der Waals surface area contributed by atoms with Crippen LogP contribution in [0.1, 0.15) is 38.3 Å². The van der Waals surface area contributed by atoms with Gasteiger partial charge in [-0.2, -0.15) is 0 Å². The fraction of sp³-hybridized carbons (Fsp3) is 0.533. The van der Waals surface area contributed by atoms with Crippen molar-refractivity contribution in [2.45, 2.75) is 38.7 Å². The molecule has 1 aliphatic rings. The maximum Gasteiger partial charge on any atom is 0.254 e. The SMILES string of the molecule is C[C@@H]1CCN(C(=O)CC(C)(F)F)[C@@H]1c1cccc(F)c1. The summed E-state index contributed by atoms with van der Waals surface area (Å²) in [6.07, 6.45) is -0.0618. The van der Waals surface area contributed by atoms with Crippen LogP contribution in [0.25, 0.3) is 0 Å². The van der Waals surface area contributed by atoms with E-state index in [2.05, 4.69) is 0 Å². The van der Waals surface area contributed by atoms with Gasteiger partial charge in [0.15, 0.2) is 0 Å². The van der Waals surface area contributed by atoms with E-state index < -0.39 is 18.3 Å². The Bertz CT molecular complexity index is 498. The molecule has 1 aromatic carbocycles. The van der Waals surface area contributed by atoms with Crippen LogP contribution in [0.5, 0.6) is 0 Å². The Morgan fingerprint density at radius 3 is 2.75 bits per heavy atom. The molecule has 0 saturated carbocycles. The van der Waals surface area contributed by atoms with Crippen LogP contribution in [0.2, 0.25) is 0 Å². The van der Waals surface area contributed by atoms with Gasteiger partial charge in [0.05, 0.1) is 12.5 Å². The zero-order chi connectivity index (χ0) is 14.9. The Hall–Kier alpha value is -1.52. The van der Waals surface area contributed by atoms with E-state index in [0.29, 0.717) is 12.1 Å². The second-order valence-corrected chi connectivity index (χ2v) is 5.60. The molecule has 1 aromatic rings. The highest BCUT2D eigenvalue weighted by Gasteiger charge is 2.38. The van der Waals surface area contributed by atoms with E-state index in [0.717, 1.165) is 13.3 Å². The molecule has 0 unspecified atom stereocenters. The molecule has 110 valence electrons. The maximum absolute atomic E-state index is 13.3. The van der Waals surface area contributed by atoms with Gasteiger partial charge in [-0.25, -0.2) is 13.2 Å². The molecule has 1 amide bonds. The molecule has 1 aliphatic heterocycles. The van der Waals surface area contributed by atoms with Gasteiger partial charge in [-0.15, -0.1) is 0 Å². The van der Waals surface area contributed by atoms with Crippen LogP contribution in [0, 0.1) is 11.7 Å². The highest BCUT2D eigenvalue weighted by Crippen LogP contribution is 2.38. The van der Waals surface area contributed by atoms with Gasteiger partial charge in [0, 0.05) is 6.54 Å². The number of halogens is 3. The third-order valence-electron chi connectivity index (χ3n) is 3.67. The summed E-state index contributed by atoms with van der Waals surface area (Å²) in [5.74, 6) is -3.84. The van der Waals surface area contributed by atoms with Crippen LogP contribution in [-0.4, -0.2) is 23.3 Å². The second kappa shape index (κ2) is 5.46. The third kappa shape index (κ3) is 3.32. The zero-order valence-corrected chi connectivity index (χ0v) is 11.6. The lowest BCUT2D eigenvalue weighted by Crippen LogP contribution is -2.35. The molecule has 0 N–H and O–H groups in total. The van der Waals surface area contributed by atoms with E-state index in [1.807, 2.05) is 6.92 Å². The van der Waals surface area contributed by atoms with Crippen molar-refractivity contribution in [1.82, 2.24) is 4.90 Å². The van der Waals surface area contributed by atoms with E-state index in [1.54, 1.807) is 12.1 Å². The van der Waals surface area contributed by atoms with Crippen LogP contribution in [0.15, 0.2) is 24.3 Å². The van der Waals surface area contributed by atoms with Gasteiger partial charge < -0.3 is 4.90 Å². The number of benzene rings is 1.